The Kier molecular flexibility index (Phi) is 4.76. The van der Waals surface area contributed by atoms with E-state index in [-0.39, 0.29) is 5.75 Å². The Morgan fingerprint density at radius 2 is 1.97 bits per heavy atom. The number of phenolic OH excluding ortho intramolecular Hbond substituents is 1. The Hall–Kier alpha value is -3.52. The van der Waals surface area contributed by atoms with Gasteiger partial charge >= 0.3 is 0 Å². The smallest absolute Gasteiger partial charge is 0.156 e. The SMILES string of the molecule is CN1CCC[C@@H](Nc2nnc(-c3ccc(-n4ccnn4)cc3O)c3ccccc23)C1. The van der Waals surface area contributed by atoms with Crippen LogP contribution in [0.25, 0.3) is 27.7 Å². The number of anilines is 1. The minimum absolute atomic E-state index is 0.122. The second-order valence-corrected chi connectivity index (χ2v) is 7.74. The molecule has 0 radical (unpaired) electrons. The summed E-state index contributed by atoms with van der Waals surface area (Å²) in [5.41, 5.74) is 2.01. The molecule has 0 aliphatic carbocycles. The highest BCUT2D eigenvalue weighted by molar-refractivity contribution is 6.01. The molecule has 1 saturated heterocycles. The fourth-order valence-electron chi connectivity index (χ4n) is 4.10. The average Bonchev–Trinajstić information content (AvgIpc) is 3.29. The number of likely N-dealkylation sites (tertiary alicyclic amines) is 1. The maximum absolute atomic E-state index is 10.7. The number of fused-ring (bicyclic) bond motifs is 1. The third-order valence-electron chi connectivity index (χ3n) is 5.58. The van der Waals surface area contributed by atoms with E-state index in [0.29, 0.717) is 17.3 Å². The molecule has 2 aromatic carbocycles. The van der Waals surface area contributed by atoms with E-state index < -0.39 is 0 Å². The largest absolute Gasteiger partial charge is 0.507 e. The fraction of sp³-hybridized carbons (Fsp3) is 0.273. The first-order valence-corrected chi connectivity index (χ1v) is 10.1. The van der Waals surface area contributed by atoms with Gasteiger partial charge in [0.05, 0.1) is 18.1 Å². The summed E-state index contributed by atoms with van der Waals surface area (Å²) in [6.07, 6.45) is 5.61. The topological polar surface area (TPSA) is 92.0 Å². The molecule has 0 bridgehead atoms. The van der Waals surface area contributed by atoms with Crippen LogP contribution in [0.5, 0.6) is 5.75 Å². The number of likely N-dealkylation sites (N-methyl/N-ethyl adjacent to an activating group) is 1. The number of nitrogens with zero attached hydrogens (tertiary/aromatic N) is 6. The summed E-state index contributed by atoms with van der Waals surface area (Å²) < 4.78 is 1.60. The second-order valence-electron chi connectivity index (χ2n) is 7.74. The van der Waals surface area contributed by atoms with Crippen LogP contribution in [-0.2, 0) is 0 Å². The molecule has 2 N–H and O–H groups in total. The van der Waals surface area contributed by atoms with Crippen LogP contribution < -0.4 is 5.32 Å². The zero-order valence-corrected chi connectivity index (χ0v) is 16.7. The van der Waals surface area contributed by atoms with Gasteiger partial charge < -0.3 is 15.3 Å². The van der Waals surface area contributed by atoms with E-state index in [0.717, 1.165) is 41.8 Å². The minimum Gasteiger partial charge on any atom is -0.507 e. The summed E-state index contributed by atoms with van der Waals surface area (Å²) in [4.78, 5) is 2.33. The third-order valence-corrected chi connectivity index (χ3v) is 5.58. The number of nitrogens with one attached hydrogen (secondary N) is 1. The first-order chi connectivity index (χ1) is 14.7. The van der Waals surface area contributed by atoms with Gasteiger partial charge in [-0.05, 0) is 38.6 Å². The number of piperidine rings is 1. The van der Waals surface area contributed by atoms with Crippen molar-refractivity contribution < 1.29 is 5.11 Å². The van der Waals surface area contributed by atoms with Crippen molar-refractivity contribution in [1.29, 1.82) is 0 Å². The van der Waals surface area contributed by atoms with Gasteiger partial charge in [-0.15, -0.1) is 15.3 Å². The molecular weight excluding hydrogens is 378 g/mol. The predicted molar refractivity (Wildman–Crippen MR) is 116 cm³/mol. The van der Waals surface area contributed by atoms with Crippen molar-refractivity contribution in [1.82, 2.24) is 30.1 Å². The molecule has 1 aliphatic heterocycles. The van der Waals surface area contributed by atoms with E-state index in [4.69, 9.17) is 0 Å². The van der Waals surface area contributed by atoms with Crippen molar-refractivity contribution in [2.24, 2.45) is 0 Å². The number of phenols is 1. The molecule has 5 rings (SSSR count). The molecule has 2 aromatic heterocycles. The molecule has 1 atom stereocenters. The Labute approximate surface area is 174 Å². The molecule has 30 heavy (non-hydrogen) atoms. The lowest BCUT2D eigenvalue weighted by molar-refractivity contribution is 0.261. The van der Waals surface area contributed by atoms with E-state index in [1.165, 1.54) is 6.42 Å². The summed E-state index contributed by atoms with van der Waals surface area (Å²) >= 11 is 0. The summed E-state index contributed by atoms with van der Waals surface area (Å²) in [6, 6.07) is 13.8. The van der Waals surface area contributed by atoms with E-state index in [2.05, 4.69) is 37.8 Å². The molecule has 152 valence electrons. The van der Waals surface area contributed by atoms with Crippen molar-refractivity contribution in [2.75, 3.05) is 25.5 Å². The van der Waals surface area contributed by atoms with Crippen LogP contribution in [0, 0.1) is 0 Å². The highest BCUT2D eigenvalue weighted by Gasteiger charge is 2.20. The van der Waals surface area contributed by atoms with Gasteiger partial charge in [-0.3, -0.25) is 0 Å². The molecular formula is C22H23N7O. The Morgan fingerprint density at radius 3 is 2.73 bits per heavy atom. The van der Waals surface area contributed by atoms with E-state index in [1.807, 2.05) is 36.4 Å². The number of aromatic nitrogens is 5. The van der Waals surface area contributed by atoms with Crippen molar-refractivity contribution in [3.8, 4) is 22.7 Å². The number of hydrogen-bond acceptors (Lipinski definition) is 7. The molecule has 0 saturated carbocycles. The summed E-state index contributed by atoms with van der Waals surface area (Å²) in [6.45, 7) is 2.12. The normalized spacial score (nSPS) is 17.3. The molecule has 1 aliphatic rings. The second kappa shape index (κ2) is 7.72. The zero-order chi connectivity index (χ0) is 20.5. The minimum atomic E-state index is 0.122. The van der Waals surface area contributed by atoms with E-state index >= 15 is 0 Å². The molecule has 1 fully saturated rings. The number of aromatic hydroxyl groups is 1. The molecule has 4 aromatic rings. The van der Waals surface area contributed by atoms with Gasteiger partial charge in [0.1, 0.15) is 11.4 Å². The van der Waals surface area contributed by atoms with Gasteiger partial charge in [0.25, 0.3) is 0 Å². The van der Waals surface area contributed by atoms with Crippen molar-refractivity contribution >= 4 is 16.6 Å². The van der Waals surface area contributed by atoms with Gasteiger partial charge in [0.2, 0.25) is 0 Å². The Morgan fingerprint density at radius 1 is 1.10 bits per heavy atom. The maximum atomic E-state index is 10.7. The van der Waals surface area contributed by atoms with Crippen LogP contribution >= 0.6 is 0 Å². The molecule has 0 unspecified atom stereocenters. The van der Waals surface area contributed by atoms with E-state index in [9.17, 15) is 5.11 Å². The van der Waals surface area contributed by atoms with E-state index in [1.54, 1.807) is 23.1 Å². The van der Waals surface area contributed by atoms with Crippen LogP contribution in [0.1, 0.15) is 12.8 Å². The van der Waals surface area contributed by atoms with Gasteiger partial charge in [0, 0.05) is 35.0 Å². The highest BCUT2D eigenvalue weighted by atomic mass is 16.3. The lowest BCUT2D eigenvalue weighted by atomic mass is 10.0. The molecule has 0 amide bonds. The van der Waals surface area contributed by atoms with Gasteiger partial charge in [0.15, 0.2) is 5.82 Å². The maximum Gasteiger partial charge on any atom is 0.156 e. The third kappa shape index (κ3) is 3.46. The highest BCUT2D eigenvalue weighted by Crippen LogP contribution is 2.35. The fourth-order valence-corrected chi connectivity index (χ4v) is 4.10. The van der Waals surface area contributed by atoms with Gasteiger partial charge in [-0.25, -0.2) is 4.68 Å². The van der Waals surface area contributed by atoms with Crippen LogP contribution in [-0.4, -0.2) is 61.4 Å². The van der Waals surface area contributed by atoms with Crippen molar-refractivity contribution in [3.63, 3.8) is 0 Å². The summed E-state index contributed by atoms with van der Waals surface area (Å²) in [5, 5.41) is 33.0. The first-order valence-electron chi connectivity index (χ1n) is 10.1. The lowest BCUT2D eigenvalue weighted by Crippen LogP contribution is -2.40. The Balaban J connectivity index is 1.53. The first kappa shape index (κ1) is 18.5. The van der Waals surface area contributed by atoms with Crippen molar-refractivity contribution in [2.45, 2.75) is 18.9 Å². The summed E-state index contributed by atoms with van der Waals surface area (Å²) in [5.74, 6) is 0.908. The zero-order valence-electron chi connectivity index (χ0n) is 16.7. The average molecular weight is 401 g/mol. The van der Waals surface area contributed by atoms with Crippen LogP contribution in [0.4, 0.5) is 5.82 Å². The lowest BCUT2D eigenvalue weighted by Gasteiger charge is -2.30. The monoisotopic (exact) mass is 401 g/mol. The quantitative estimate of drug-likeness (QED) is 0.543. The molecule has 8 nitrogen and oxygen atoms in total. The van der Waals surface area contributed by atoms with Crippen LogP contribution in [0.3, 0.4) is 0 Å². The number of benzene rings is 2. The Bertz CT molecular complexity index is 1180. The number of rotatable bonds is 4. The standard InChI is InChI=1S/C22H23N7O/c1-28-11-4-5-15(14-28)24-22-18-7-3-2-6-17(18)21(25-26-22)19-9-8-16(13-20(19)30)29-12-10-23-27-29/h2-3,6-10,12-13,15,30H,4-5,11,14H2,1H3,(H,24,26)/t15-/m1/s1. The summed E-state index contributed by atoms with van der Waals surface area (Å²) in [7, 11) is 2.15. The molecule has 3 heterocycles. The van der Waals surface area contributed by atoms with Crippen molar-refractivity contribution in [3.05, 3.63) is 54.9 Å². The molecule has 0 spiro atoms. The van der Waals surface area contributed by atoms with Gasteiger partial charge in [-0.1, -0.05) is 29.5 Å². The van der Waals surface area contributed by atoms with Crippen LogP contribution in [0.2, 0.25) is 0 Å². The van der Waals surface area contributed by atoms with Crippen LogP contribution in [0.15, 0.2) is 54.9 Å². The van der Waals surface area contributed by atoms with Gasteiger partial charge in [-0.2, -0.15) is 0 Å². The number of hydrogen-bond donors (Lipinski definition) is 2. The molecule has 8 heteroatoms. The predicted octanol–water partition coefficient (Wildman–Crippen LogP) is 3.09.